The van der Waals surface area contributed by atoms with E-state index in [4.69, 9.17) is 5.41 Å². The largest absolute Gasteiger partial charge is 0.317 e. The van der Waals surface area contributed by atoms with Crippen LogP contribution >= 0.6 is 11.8 Å². The van der Waals surface area contributed by atoms with Gasteiger partial charge in [0.2, 0.25) is 5.17 Å². The number of amidine groups is 2. The van der Waals surface area contributed by atoms with Gasteiger partial charge in [0, 0.05) is 24.0 Å². The minimum Gasteiger partial charge on any atom is -0.317 e. The number of para-hydroxylation sites is 1. The first-order chi connectivity index (χ1) is 13.4. The van der Waals surface area contributed by atoms with Gasteiger partial charge in [-0.3, -0.25) is 10.2 Å². The molecule has 0 atom stereocenters. The number of benzene rings is 1. The van der Waals surface area contributed by atoms with Crippen molar-refractivity contribution in [3.8, 4) is 5.69 Å². The second-order valence-corrected chi connectivity index (χ2v) is 8.24. The molecule has 0 bridgehead atoms. The summed E-state index contributed by atoms with van der Waals surface area (Å²) in [4.78, 5) is 16.8. The van der Waals surface area contributed by atoms with Crippen molar-refractivity contribution in [1.29, 1.82) is 5.41 Å². The Balaban J connectivity index is 1.70. The van der Waals surface area contributed by atoms with Crippen LogP contribution in [0.2, 0.25) is 0 Å². The molecule has 7 heteroatoms. The zero-order valence-corrected chi connectivity index (χ0v) is 16.8. The maximum absolute atomic E-state index is 12.6. The molecule has 3 heterocycles. The molecule has 0 aliphatic carbocycles. The highest BCUT2D eigenvalue weighted by molar-refractivity contribution is 8.26. The van der Waals surface area contributed by atoms with Gasteiger partial charge in [0.05, 0.1) is 5.57 Å². The first kappa shape index (κ1) is 18.4. The Morgan fingerprint density at radius 3 is 2.75 bits per heavy atom. The maximum atomic E-state index is 12.6. The Morgan fingerprint density at radius 1 is 1.21 bits per heavy atom. The summed E-state index contributed by atoms with van der Waals surface area (Å²) in [6, 6.07) is 11.9. The average molecular weight is 392 g/mol. The molecule has 0 fully saturated rings. The molecule has 0 unspecified atom stereocenters. The molecule has 2 aliphatic rings. The molecule has 142 valence electrons. The Kier molecular flexibility index (Phi) is 4.77. The van der Waals surface area contributed by atoms with E-state index in [2.05, 4.69) is 23.9 Å². The van der Waals surface area contributed by atoms with E-state index < -0.39 is 5.91 Å². The molecule has 0 spiro atoms. The fourth-order valence-corrected chi connectivity index (χ4v) is 4.27. The summed E-state index contributed by atoms with van der Waals surface area (Å²) in [7, 11) is 0. The summed E-state index contributed by atoms with van der Waals surface area (Å²) in [5, 5.41) is 15.8. The highest BCUT2D eigenvalue weighted by Gasteiger charge is 2.35. The van der Waals surface area contributed by atoms with Crippen molar-refractivity contribution in [2.75, 3.05) is 0 Å². The van der Waals surface area contributed by atoms with Crippen LogP contribution in [0.3, 0.4) is 0 Å². The first-order valence-corrected chi connectivity index (χ1v) is 9.98. The summed E-state index contributed by atoms with van der Waals surface area (Å²) in [5.74, 6) is 0.117. The number of hydrazone groups is 1. The second kappa shape index (κ2) is 7.24. The van der Waals surface area contributed by atoms with Crippen molar-refractivity contribution in [3.63, 3.8) is 0 Å². The average Bonchev–Trinajstić information content (AvgIpc) is 3.25. The fraction of sp³-hybridized carbons (Fsp3) is 0.238. The van der Waals surface area contributed by atoms with Gasteiger partial charge >= 0.3 is 0 Å². The van der Waals surface area contributed by atoms with Crippen LogP contribution in [0.1, 0.15) is 31.5 Å². The number of aryl methyl sites for hydroxylation is 1. The molecular formula is C21H21N5OS. The van der Waals surface area contributed by atoms with Gasteiger partial charge in [-0.15, -0.1) is 0 Å². The third-order valence-electron chi connectivity index (χ3n) is 4.53. The molecule has 0 saturated heterocycles. The van der Waals surface area contributed by atoms with Crippen molar-refractivity contribution < 1.29 is 4.79 Å². The van der Waals surface area contributed by atoms with Crippen LogP contribution in [-0.4, -0.2) is 31.5 Å². The molecule has 1 N–H and O–H groups in total. The molecule has 0 radical (unpaired) electrons. The van der Waals surface area contributed by atoms with E-state index >= 15 is 0 Å². The summed E-state index contributed by atoms with van der Waals surface area (Å²) in [5.41, 5.74) is 3.22. The summed E-state index contributed by atoms with van der Waals surface area (Å²) in [6.45, 7) is 6.27. The normalized spacial score (nSPS) is 18.0. The van der Waals surface area contributed by atoms with Crippen molar-refractivity contribution in [3.05, 3.63) is 59.4 Å². The van der Waals surface area contributed by atoms with E-state index in [0.717, 1.165) is 28.4 Å². The van der Waals surface area contributed by atoms with Crippen LogP contribution in [0.5, 0.6) is 0 Å². The van der Waals surface area contributed by atoms with Gasteiger partial charge in [0.15, 0.2) is 5.84 Å². The third-order valence-corrected chi connectivity index (χ3v) is 5.46. The van der Waals surface area contributed by atoms with Crippen LogP contribution in [0.25, 0.3) is 11.8 Å². The fourth-order valence-electron chi connectivity index (χ4n) is 3.18. The van der Waals surface area contributed by atoms with E-state index in [1.807, 2.05) is 54.1 Å². The number of aromatic nitrogens is 1. The predicted octanol–water partition coefficient (Wildman–Crippen LogP) is 4.45. The van der Waals surface area contributed by atoms with Crippen molar-refractivity contribution >= 4 is 39.8 Å². The smallest absolute Gasteiger partial charge is 0.283 e. The highest BCUT2D eigenvalue weighted by Crippen LogP contribution is 2.30. The van der Waals surface area contributed by atoms with Crippen LogP contribution in [-0.2, 0) is 4.79 Å². The minimum atomic E-state index is -0.401. The number of rotatable bonds is 4. The Morgan fingerprint density at radius 2 is 2.00 bits per heavy atom. The zero-order valence-electron chi connectivity index (χ0n) is 16.0. The predicted molar refractivity (Wildman–Crippen MR) is 115 cm³/mol. The SMILES string of the molecule is Cc1ccccc1-n1cccc1/C=C1\C(=N)N2N=C(CC(C)C)SC2=NC1=O. The van der Waals surface area contributed by atoms with Crippen molar-refractivity contribution in [2.45, 2.75) is 27.2 Å². The quantitative estimate of drug-likeness (QED) is 0.783. The van der Waals surface area contributed by atoms with Gasteiger partial charge in [0.1, 0.15) is 5.04 Å². The molecular weight excluding hydrogens is 370 g/mol. The monoisotopic (exact) mass is 391 g/mol. The van der Waals surface area contributed by atoms with Crippen LogP contribution < -0.4 is 0 Å². The van der Waals surface area contributed by atoms with E-state index in [1.165, 1.54) is 16.8 Å². The molecule has 6 nitrogen and oxygen atoms in total. The number of hydrogen-bond acceptors (Lipinski definition) is 4. The summed E-state index contributed by atoms with van der Waals surface area (Å²) < 4.78 is 2.01. The Labute approximate surface area is 168 Å². The number of hydrogen-bond donors (Lipinski definition) is 1. The van der Waals surface area contributed by atoms with Gasteiger partial charge in [0.25, 0.3) is 5.91 Å². The number of thioether (sulfide) groups is 1. The van der Waals surface area contributed by atoms with Gasteiger partial charge in [-0.25, -0.2) is 0 Å². The van der Waals surface area contributed by atoms with Crippen molar-refractivity contribution in [1.82, 2.24) is 9.58 Å². The lowest BCUT2D eigenvalue weighted by Gasteiger charge is -2.20. The van der Waals surface area contributed by atoms with Crippen LogP contribution in [0.4, 0.5) is 0 Å². The number of fused-ring (bicyclic) bond motifs is 1. The lowest BCUT2D eigenvalue weighted by atomic mass is 10.1. The molecule has 0 saturated carbocycles. The van der Waals surface area contributed by atoms with Gasteiger partial charge in [-0.2, -0.15) is 15.1 Å². The third kappa shape index (κ3) is 3.33. The summed E-state index contributed by atoms with van der Waals surface area (Å²) in [6.07, 6.45) is 4.47. The van der Waals surface area contributed by atoms with Crippen molar-refractivity contribution in [2.24, 2.45) is 16.0 Å². The van der Waals surface area contributed by atoms with Gasteiger partial charge in [-0.1, -0.05) is 32.0 Å². The number of amides is 1. The number of nitrogens with zero attached hydrogens (tertiary/aromatic N) is 4. The highest BCUT2D eigenvalue weighted by atomic mass is 32.2. The molecule has 1 amide bonds. The number of nitrogens with one attached hydrogen (secondary N) is 1. The number of carbonyl (C=O) groups is 1. The maximum Gasteiger partial charge on any atom is 0.283 e. The van der Waals surface area contributed by atoms with E-state index in [0.29, 0.717) is 11.1 Å². The zero-order chi connectivity index (χ0) is 19.8. The number of aliphatic imine (C=N–C) groups is 1. The van der Waals surface area contributed by atoms with E-state index in [1.54, 1.807) is 6.08 Å². The van der Waals surface area contributed by atoms with Crippen LogP contribution in [0.15, 0.2) is 58.3 Å². The molecule has 2 aromatic rings. The Hall–Kier alpha value is -2.93. The molecule has 2 aliphatic heterocycles. The lowest BCUT2D eigenvalue weighted by molar-refractivity contribution is -0.114. The van der Waals surface area contributed by atoms with E-state index in [-0.39, 0.29) is 11.4 Å². The van der Waals surface area contributed by atoms with Gasteiger partial charge in [-0.05, 0) is 54.4 Å². The Bertz CT molecular complexity index is 1060. The molecule has 4 rings (SSSR count). The number of carbonyl (C=O) groups excluding carboxylic acids is 1. The topological polar surface area (TPSA) is 73.8 Å². The molecule has 28 heavy (non-hydrogen) atoms. The molecule has 1 aromatic heterocycles. The first-order valence-electron chi connectivity index (χ1n) is 9.16. The standard InChI is InChI=1S/C21H21N5OS/c1-13(2)11-18-24-26-19(22)16(20(27)23-21(26)28-18)12-15-8-6-10-25(15)17-9-5-4-7-14(17)3/h4-10,12-13,22H,11H2,1-3H3/b16-12+,22-19?. The second-order valence-electron chi connectivity index (χ2n) is 7.20. The van der Waals surface area contributed by atoms with Crippen LogP contribution in [0, 0.1) is 18.3 Å². The summed E-state index contributed by atoms with van der Waals surface area (Å²) >= 11 is 1.37. The van der Waals surface area contributed by atoms with E-state index in [9.17, 15) is 4.79 Å². The van der Waals surface area contributed by atoms with Gasteiger partial charge < -0.3 is 4.57 Å². The minimum absolute atomic E-state index is 0.0683. The molecule has 1 aromatic carbocycles. The lowest BCUT2D eigenvalue weighted by Crippen LogP contribution is -2.35.